The van der Waals surface area contributed by atoms with E-state index in [4.69, 9.17) is 0 Å². The van der Waals surface area contributed by atoms with Crippen LogP contribution in [0, 0.1) is 9.49 Å². The van der Waals surface area contributed by atoms with Crippen molar-refractivity contribution in [3.05, 3.63) is 16.0 Å². The molecule has 17 heavy (non-hydrogen) atoms. The zero-order chi connectivity index (χ0) is 12.1. The molecule has 0 radical (unpaired) electrons. The molecule has 1 aromatic rings. The van der Waals surface area contributed by atoms with E-state index in [2.05, 4.69) is 44.4 Å². The smallest absolute Gasteiger partial charge is 0.225 e. The van der Waals surface area contributed by atoms with Crippen molar-refractivity contribution < 1.29 is 0 Å². The summed E-state index contributed by atoms with van der Waals surface area (Å²) in [7, 11) is 0. The number of anilines is 1. The van der Waals surface area contributed by atoms with Crippen LogP contribution in [0.3, 0.4) is 0 Å². The molecule has 4 heteroatoms. The molecule has 1 aromatic heterocycles. The summed E-state index contributed by atoms with van der Waals surface area (Å²) in [6, 6.07) is 0. The van der Waals surface area contributed by atoms with Gasteiger partial charge in [0.05, 0.1) is 0 Å². The third kappa shape index (κ3) is 3.79. The number of aromatic nitrogens is 2. The zero-order valence-corrected chi connectivity index (χ0v) is 12.6. The normalized spacial score (nSPS) is 21.3. The summed E-state index contributed by atoms with van der Waals surface area (Å²) in [5.74, 6) is 1.82. The van der Waals surface area contributed by atoms with Crippen LogP contribution in [0.2, 0.25) is 0 Å². The van der Waals surface area contributed by atoms with Crippen molar-refractivity contribution in [2.24, 2.45) is 5.92 Å². The summed E-state index contributed by atoms with van der Waals surface area (Å²) in [6.45, 7) is 4.51. The number of halogens is 1. The molecule has 1 unspecified atom stereocenters. The minimum Gasteiger partial charge on any atom is -0.341 e. The van der Waals surface area contributed by atoms with Gasteiger partial charge in [0.25, 0.3) is 0 Å². The average Bonchev–Trinajstić information content (AvgIpc) is 2.56. The van der Waals surface area contributed by atoms with Crippen LogP contribution < -0.4 is 4.90 Å². The Balaban J connectivity index is 1.96. The molecule has 1 fully saturated rings. The molecule has 0 aliphatic carbocycles. The van der Waals surface area contributed by atoms with Crippen molar-refractivity contribution >= 4 is 28.5 Å². The molecule has 0 spiro atoms. The van der Waals surface area contributed by atoms with E-state index in [0.717, 1.165) is 28.5 Å². The van der Waals surface area contributed by atoms with Gasteiger partial charge in [0.2, 0.25) is 5.95 Å². The van der Waals surface area contributed by atoms with Gasteiger partial charge in [-0.25, -0.2) is 9.97 Å². The molecule has 0 aromatic carbocycles. The van der Waals surface area contributed by atoms with Gasteiger partial charge in [-0.2, -0.15) is 0 Å². The molecule has 1 saturated heterocycles. The summed E-state index contributed by atoms with van der Waals surface area (Å²) in [4.78, 5) is 11.2. The first-order valence-corrected chi connectivity index (χ1v) is 7.60. The van der Waals surface area contributed by atoms with Crippen LogP contribution in [0.15, 0.2) is 12.4 Å². The van der Waals surface area contributed by atoms with Crippen molar-refractivity contribution in [3.63, 3.8) is 0 Å². The molecular formula is C13H20IN3. The third-order valence-electron chi connectivity index (χ3n) is 3.43. The lowest BCUT2D eigenvalue weighted by molar-refractivity contribution is 0.435. The van der Waals surface area contributed by atoms with Crippen molar-refractivity contribution in [1.82, 2.24) is 9.97 Å². The maximum absolute atomic E-state index is 4.42. The maximum atomic E-state index is 4.42. The average molecular weight is 345 g/mol. The second-order valence-electron chi connectivity index (χ2n) is 4.77. The Labute approximate surface area is 117 Å². The van der Waals surface area contributed by atoms with Gasteiger partial charge in [0, 0.05) is 29.1 Å². The molecule has 0 bridgehead atoms. The van der Waals surface area contributed by atoms with Gasteiger partial charge in [-0.05, 0) is 47.8 Å². The van der Waals surface area contributed by atoms with Crippen molar-refractivity contribution in [2.75, 3.05) is 18.0 Å². The minimum absolute atomic E-state index is 0.905. The van der Waals surface area contributed by atoms with E-state index in [9.17, 15) is 0 Å². The Hall–Kier alpha value is -0.390. The number of rotatable bonds is 3. The monoisotopic (exact) mass is 345 g/mol. The van der Waals surface area contributed by atoms with Crippen molar-refractivity contribution in [3.8, 4) is 0 Å². The molecule has 1 aliphatic rings. The first-order chi connectivity index (χ1) is 8.29. The summed E-state index contributed by atoms with van der Waals surface area (Å²) < 4.78 is 1.10. The van der Waals surface area contributed by atoms with Crippen LogP contribution >= 0.6 is 22.6 Å². The lowest BCUT2D eigenvalue weighted by atomic mass is 9.96. The van der Waals surface area contributed by atoms with Gasteiger partial charge in [0.15, 0.2) is 0 Å². The zero-order valence-electron chi connectivity index (χ0n) is 10.4. The standard InChI is InChI=1S/C13H20IN3/c1-2-4-11-5-3-7-17(8-6-11)13-15-9-12(14)10-16-13/h9-11H,2-8H2,1H3. The van der Waals surface area contributed by atoms with Gasteiger partial charge in [-0.1, -0.05) is 19.8 Å². The Kier molecular flexibility index (Phi) is 5.00. The van der Waals surface area contributed by atoms with E-state index in [1.54, 1.807) is 0 Å². The Bertz CT molecular complexity index is 339. The van der Waals surface area contributed by atoms with Crippen molar-refractivity contribution in [1.29, 1.82) is 0 Å². The van der Waals surface area contributed by atoms with Crippen LogP contribution in [-0.4, -0.2) is 23.1 Å². The van der Waals surface area contributed by atoms with E-state index < -0.39 is 0 Å². The number of hydrogen-bond acceptors (Lipinski definition) is 3. The first-order valence-electron chi connectivity index (χ1n) is 6.52. The molecule has 1 atom stereocenters. The highest BCUT2D eigenvalue weighted by Crippen LogP contribution is 2.23. The third-order valence-corrected chi connectivity index (χ3v) is 3.99. The van der Waals surface area contributed by atoms with Gasteiger partial charge >= 0.3 is 0 Å². The summed E-state index contributed by atoms with van der Waals surface area (Å²) in [5.41, 5.74) is 0. The maximum Gasteiger partial charge on any atom is 0.225 e. The fourth-order valence-corrected chi connectivity index (χ4v) is 2.81. The highest BCUT2D eigenvalue weighted by Gasteiger charge is 2.17. The molecular weight excluding hydrogens is 325 g/mol. The first kappa shape index (κ1) is 13.1. The fourth-order valence-electron chi connectivity index (χ4n) is 2.53. The van der Waals surface area contributed by atoms with Crippen LogP contribution in [0.25, 0.3) is 0 Å². The molecule has 94 valence electrons. The van der Waals surface area contributed by atoms with Crippen LogP contribution in [0.4, 0.5) is 5.95 Å². The number of nitrogens with zero attached hydrogens (tertiary/aromatic N) is 3. The summed E-state index contributed by atoms with van der Waals surface area (Å²) in [6.07, 6.45) is 10.4. The quantitative estimate of drug-likeness (QED) is 0.786. The topological polar surface area (TPSA) is 29.0 Å². The molecule has 3 nitrogen and oxygen atoms in total. The predicted octanol–water partition coefficient (Wildman–Crippen LogP) is 3.49. The molecule has 1 aliphatic heterocycles. The number of hydrogen-bond donors (Lipinski definition) is 0. The minimum atomic E-state index is 0.905. The Morgan fingerprint density at radius 1 is 1.29 bits per heavy atom. The lowest BCUT2D eigenvalue weighted by Crippen LogP contribution is -2.26. The summed E-state index contributed by atoms with van der Waals surface area (Å²) >= 11 is 2.25. The van der Waals surface area contributed by atoms with Gasteiger partial charge in [-0.15, -0.1) is 0 Å². The largest absolute Gasteiger partial charge is 0.341 e. The van der Waals surface area contributed by atoms with Crippen LogP contribution in [0.1, 0.15) is 39.0 Å². The molecule has 0 saturated carbocycles. The van der Waals surface area contributed by atoms with E-state index in [-0.39, 0.29) is 0 Å². The highest BCUT2D eigenvalue weighted by molar-refractivity contribution is 14.1. The Morgan fingerprint density at radius 3 is 2.76 bits per heavy atom. The Morgan fingerprint density at radius 2 is 2.06 bits per heavy atom. The van der Waals surface area contributed by atoms with Gasteiger partial charge in [0.1, 0.15) is 0 Å². The van der Waals surface area contributed by atoms with E-state index in [1.807, 2.05) is 12.4 Å². The van der Waals surface area contributed by atoms with Crippen LogP contribution in [-0.2, 0) is 0 Å². The second-order valence-corrected chi connectivity index (χ2v) is 6.02. The molecule has 0 N–H and O–H groups in total. The summed E-state index contributed by atoms with van der Waals surface area (Å²) in [5, 5.41) is 0. The molecule has 2 rings (SSSR count). The highest BCUT2D eigenvalue weighted by atomic mass is 127. The van der Waals surface area contributed by atoms with E-state index in [0.29, 0.717) is 0 Å². The van der Waals surface area contributed by atoms with Gasteiger partial charge in [-0.3, -0.25) is 0 Å². The van der Waals surface area contributed by atoms with Gasteiger partial charge < -0.3 is 4.90 Å². The van der Waals surface area contributed by atoms with E-state index >= 15 is 0 Å². The van der Waals surface area contributed by atoms with Crippen LogP contribution in [0.5, 0.6) is 0 Å². The SMILES string of the molecule is CCCC1CCCN(c2ncc(I)cn2)CC1. The fraction of sp³-hybridized carbons (Fsp3) is 0.692. The molecule has 0 amide bonds. The predicted molar refractivity (Wildman–Crippen MR) is 79.2 cm³/mol. The van der Waals surface area contributed by atoms with E-state index in [1.165, 1.54) is 32.1 Å². The molecule has 2 heterocycles. The second kappa shape index (κ2) is 6.52. The van der Waals surface area contributed by atoms with Crippen molar-refractivity contribution in [2.45, 2.75) is 39.0 Å². The lowest BCUT2D eigenvalue weighted by Gasteiger charge is -2.20.